The van der Waals surface area contributed by atoms with Gasteiger partial charge in [-0.2, -0.15) is 0 Å². The van der Waals surface area contributed by atoms with E-state index in [2.05, 4.69) is 5.32 Å². The lowest BCUT2D eigenvalue weighted by Gasteiger charge is -2.14. The molecule has 0 aromatic heterocycles. The van der Waals surface area contributed by atoms with Gasteiger partial charge in [0.05, 0.1) is 0 Å². The van der Waals surface area contributed by atoms with Crippen molar-refractivity contribution in [1.29, 1.82) is 0 Å². The third-order valence-corrected chi connectivity index (χ3v) is 3.33. The molecule has 2 atom stereocenters. The number of hydrogen-bond acceptors (Lipinski definition) is 2. The zero-order chi connectivity index (χ0) is 12.3. The largest absolute Gasteiger partial charge is 0.355 e. The Kier molecular flexibility index (Phi) is 3.57. The molecule has 1 aliphatic rings. The number of rotatable bonds is 4. The Morgan fingerprint density at radius 3 is 2.71 bits per heavy atom. The Morgan fingerprint density at radius 2 is 2.06 bits per heavy atom. The van der Waals surface area contributed by atoms with E-state index < -0.39 is 5.92 Å². The van der Waals surface area contributed by atoms with Gasteiger partial charge in [-0.25, -0.2) is 0 Å². The van der Waals surface area contributed by atoms with E-state index in [4.69, 9.17) is 0 Å². The Morgan fingerprint density at radius 1 is 1.35 bits per heavy atom. The van der Waals surface area contributed by atoms with E-state index in [1.807, 2.05) is 37.3 Å². The summed E-state index contributed by atoms with van der Waals surface area (Å²) >= 11 is 0. The van der Waals surface area contributed by atoms with Crippen LogP contribution in [0.5, 0.6) is 0 Å². The minimum atomic E-state index is -0.444. The number of Topliss-reactive ketones (excluding diaryl/α,β-unsaturated/α-hetero) is 1. The molecule has 0 aliphatic carbocycles. The molecule has 1 aromatic carbocycles. The summed E-state index contributed by atoms with van der Waals surface area (Å²) in [5.74, 6) is -0.378. The molecule has 90 valence electrons. The summed E-state index contributed by atoms with van der Waals surface area (Å²) < 4.78 is 0. The van der Waals surface area contributed by atoms with Gasteiger partial charge in [-0.3, -0.25) is 9.59 Å². The van der Waals surface area contributed by atoms with Gasteiger partial charge in [-0.05, 0) is 17.9 Å². The SMILES string of the molecule is CCC(=O)[C@H]1C(=O)NCC1Cc1ccccc1. The van der Waals surface area contributed by atoms with Gasteiger partial charge in [0, 0.05) is 13.0 Å². The number of nitrogens with one attached hydrogen (secondary N) is 1. The van der Waals surface area contributed by atoms with Crippen LogP contribution in [0.25, 0.3) is 0 Å². The second-order valence-corrected chi connectivity index (χ2v) is 4.49. The van der Waals surface area contributed by atoms with Gasteiger partial charge in [-0.15, -0.1) is 0 Å². The number of carbonyl (C=O) groups is 2. The highest BCUT2D eigenvalue weighted by molar-refractivity contribution is 6.03. The number of benzene rings is 1. The van der Waals surface area contributed by atoms with Gasteiger partial charge in [0.25, 0.3) is 0 Å². The molecule has 0 saturated carbocycles. The Labute approximate surface area is 101 Å². The van der Waals surface area contributed by atoms with E-state index in [0.717, 1.165) is 6.42 Å². The topological polar surface area (TPSA) is 46.2 Å². The predicted octanol–water partition coefficient (Wildman–Crippen LogP) is 1.57. The van der Waals surface area contributed by atoms with E-state index in [9.17, 15) is 9.59 Å². The van der Waals surface area contributed by atoms with Gasteiger partial charge >= 0.3 is 0 Å². The van der Waals surface area contributed by atoms with Crippen LogP contribution >= 0.6 is 0 Å². The molecule has 0 radical (unpaired) electrons. The third kappa shape index (κ3) is 2.54. The maximum Gasteiger partial charge on any atom is 0.230 e. The molecular formula is C14H17NO2. The van der Waals surface area contributed by atoms with Gasteiger partial charge in [0.15, 0.2) is 0 Å². The van der Waals surface area contributed by atoms with Crippen LogP contribution in [0.15, 0.2) is 30.3 Å². The van der Waals surface area contributed by atoms with E-state index in [1.165, 1.54) is 5.56 Å². The molecule has 1 aromatic rings. The molecular weight excluding hydrogens is 214 g/mol. The molecule has 1 amide bonds. The monoisotopic (exact) mass is 231 g/mol. The van der Waals surface area contributed by atoms with Crippen molar-refractivity contribution in [2.45, 2.75) is 19.8 Å². The highest BCUT2D eigenvalue weighted by Gasteiger charge is 2.38. The maximum atomic E-state index is 11.8. The number of carbonyl (C=O) groups excluding carboxylic acids is 2. The van der Waals surface area contributed by atoms with Crippen molar-refractivity contribution in [2.75, 3.05) is 6.54 Å². The van der Waals surface area contributed by atoms with Crippen molar-refractivity contribution >= 4 is 11.7 Å². The molecule has 1 N–H and O–H groups in total. The zero-order valence-electron chi connectivity index (χ0n) is 9.98. The molecule has 0 spiro atoms. The Bertz CT molecular complexity index is 413. The normalized spacial score (nSPS) is 23.5. The smallest absolute Gasteiger partial charge is 0.230 e. The first kappa shape index (κ1) is 11.8. The third-order valence-electron chi connectivity index (χ3n) is 3.33. The van der Waals surface area contributed by atoms with Crippen molar-refractivity contribution in [3.05, 3.63) is 35.9 Å². The molecule has 1 heterocycles. The first-order valence-corrected chi connectivity index (χ1v) is 6.06. The molecule has 3 nitrogen and oxygen atoms in total. The first-order chi connectivity index (χ1) is 8.22. The number of hydrogen-bond donors (Lipinski definition) is 1. The van der Waals surface area contributed by atoms with Gasteiger partial charge < -0.3 is 5.32 Å². The van der Waals surface area contributed by atoms with Crippen LogP contribution < -0.4 is 5.32 Å². The Balaban J connectivity index is 2.10. The van der Waals surface area contributed by atoms with E-state index >= 15 is 0 Å². The molecule has 0 bridgehead atoms. The van der Waals surface area contributed by atoms with E-state index in [0.29, 0.717) is 13.0 Å². The zero-order valence-corrected chi connectivity index (χ0v) is 9.98. The fourth-order valence-electron chi connectivity index (χ4n) is 2.41. The van der Waals surface area contributed by atoms with Crippen LogP contribution in [0.2, 0.25) is 0 Å². The summed E-state index contributed by atoms with van der Waals surface area (Å²) in [6.45, 7) is 2.43. The highest BCUT2D eigenvalue weighted by Crippen LogP contribution is 2.24. The number of ketones is 1. The maximum absolute atomic E-state index is 11.8. The molecule has 2 rings (SSSR count). The lowest BCUT2D eigenvalue weighted by molar-refractivity contribution is -0.132. The molecule has 17 heavy (non-hydrogen) atoms. The minimum absolute atomic E-state index is 0.0564. The van der Waals surface area contributed by atoms with Crippen molar-refractivity contribution in [3.63, 3.8) is 0 Å². The molecule has 1 aliphatic heterocycles. The minimum Gasteiger partial charge on any atom is -0.355 e. The lowest BCUT2D eigenvalue weighted by Crippen LogP contribution is -2.28. The van der Waals surface area contributed by atoms with Crippen LogP contribution in [-0.4, -0.2) is 18.2 Å². The fourth-order valence-corrected chi connectivity index (χ4v) is 2.41. The Hall–Kier alpha value is -1.64. The van der Waals surface area contributed by atoms with Gasteiger partial charge in [-0.1, -0.05) is 37.3 Å². The molecule has 1 fully saturated rings. The summed E-state index contributed by atoms with van der Waals surface area (Å²) in [5, 5.41) is 2.80. The molecule has 3 heteroatoms. The average molecular weight is 231 g/mol. The van der Waals surface area contributed by atoms with Crippen LogP contribution in [0.1, 0.15) is 18.9 Å². The second-order valence-electron chi connectivity index (χ2n) is 4.49. The predicted molar refractivity (Wildman–Crippen MR) is 65.4 cm³/mol. The number of amides is 1. The highest BCUT2D eigenvalue weighted by atomic mass is 16.2. The van der Waals surface area contributed by atoms with Crippen LogP contribution in [-0.2, 0) is 16.0 Å². The summed E-state index contributed by atoms with van der Waals surface area (Å²) in [5.41, 5.74) is 1.18. The summed E-state index contributed by atoms with van der Waals surface area (Å²) in [4.78, 5) is 23.4. The average Bonchev–Trinajstić information content (AvgIpc) is 2.71. The van der Waals surface area contributed by atoms with Gasteiger partial charge in [0.2, 0.25) is 5.91 Å². The van der Waals surface area contributed by atoms with Crippen LogP contribution in [0.4, 0.5) is 0 Å². The summed E-state index contributed by atoms with van der Waals surface area (Å²) in [7, 11) is 0. The lowest BCUT2D eigenvalue weighted by atomic mass is 9.85. The fraction of sp³-hybridized carbons (Fsp3) is 0.429. The summed E-state index contributed by atoms with van der Waals surface area (Å²) in [6.07, 6.45) is 1.22. The van der Waals surface area contributed by atoms with Crippen molar-refractivity contribution in [2.24, 2.45) is 11.8 Å². The quantitative estimate of drug-likeness (QED) is 0.799. The molecule has 1 saturated heterocycles. The second kappa shape index (κ2) is 5.13. The van der Waals surface area contributed by atoms with E-state index in [-0.39, 0.29) is 17.6 Å². The van der Waals surface area contributed by atoms with Gasteiger partial charge in [0.1, 0.15) is 11.7 Å². The van der Waals surface area contributed by atoms with Crippen molar-refractivity contribution in [3.8, 4) is 0 Å². The standard InChI is InChI=1S/C14H17NO2/c1-2-12(16)13-11(9-15-14(13)17)8-10-6-4-3-5-7-10/h3-7,11,13H,2,8-9H2,1H3,(H,15,17)/t11?,13-/m0/s1. The molecule has 1 unspecified atom stereocenters. The van der Waals surface area contributed by atoms with Crippen molar-refractivity contribution in [1.82, 2.24) is 5.32 Å². The summed E-state index contributed by atoms with van der Waals surface area (Å²) in [6, 6.07) is 10.0. The van der Waals surface area contributed by atoms with Crippen molar-refractivity contribution < 1.29 is 9.59 Å². The van der Waals surface area contributed by atoms with Crippen LogP contribution in [0, 0.1) is 11.8 Å². The van der Waals surface area contributed by atoms with E-state index in [1.54, 1.807) is 0 Å². The van der Waals surface area contributed by atoms with Crippen LogP contribution in [0.3, 0.4) is 0 Å². The first-order valence-electron chi connectivity index (χ1n) is 6.06.